The largest absolute Gasteiger partial charge is 0.480 e. The molecule has 1 fully saturated rings. The number of carbonyl (C=O) groups is 2. The Bertz CT molecular complexity index is 274. The van der Waals surface area contributed by atoms with E-state index in [0.717, 1.165) is 5.75 Å². The molecule has 0 spiro atoms. The second-order valence-electron chi connectivity index (χ2n) is 3.62. The number of hydrogen-bond donors (Lipinski definition) is 3. The summed E-state index contributed by atoms with van der Waals surface area (Å²) in [6.07, 6.45) is 1.28. The van der Waals surface area contributed by atoms with Gasteiger partial charge in [-0.05, 0) is 6.26 Å². The molecule has 6 nitrogen and oxygen atoms in total. The van der Waals surface area contributed by atoms with E-state index in [1.54, 1.807) is 11.8 Å². The highest BCUT2D eigenvalue weighted by Gasteiger charge is 2.38. The molecule has 0 aromatic heterocycles. The topological polar surface area (TPSA) is 89.9 Å². The first-order valence-electron chi connectivity index (χ1n) is 5.00. The van der Waals surface area contributed by atoms with Gasteiger partial charge in [-0.1, -0.05) is 0 Å². The Balaban J connectivity index is 2.50. The molecular formula is C9H16N2O4S. The second-order valence-corrected chi connectivity index (χ2v) is 4.61. The van der Waals surface area contributed by atoms with Gasteiger partial charge in [-0.2, -0.15) is 11.8 Å². The number of β-amino-alcohol motifs (C(OH)–C–C–N with tert-alkyl or cyclic N) is 1. The Hall–Kier alpha value is -0.950. The highest BCUT2D eigenvalue weighted by atomic mass is 32.2. The molecule has 0 aromatic rings. The summed E-state index contributed by atoms with van der Waals surface area (Å²) < 4.78 is 0. The van der Waals surface area contributed by atoms with Gasteiger partial charge >= 0.3 is 12.0 Å². The zero-order valence-electron chi connectivity index (χ0n) is 9.05. The van der Waals surface area contributed by atoms with Crippen LogP contribution in [0.1, 0.15) is 6.42 Å². The van der Waals surface area contributed by atoms with E-state index in [0.29, 0.717) is 6.54 Å². The van der Waals surface area contributed by atoms with Gasteiger partial charge in [0.05, 0.1) is 6.10 Å². The van der Waals surface area contributed by atoms with E-state index in [9.17, 15) is 14.7 Å². The Labute approximate surface area is 98.0 Å². The number of nitrogens with zero attached hydrogens (tertiary/aromatic N) is 1. The first-order chi connectivity index (χ1) is 7.56. The maximum Gasteiger partial charge on any atom is 0.326 e. The maximum absolute atomic E-state index is 11.6. The number of hydrogen-bond acceptors (Lipinski definition) is 4. The standard InChI is InChI=1S/C9H16N2O4S/c1-16-3-2-10-9(15)11-5-6(12)4-7(11)8(13)14/h6-7,12H,2-5H2,1H3,(H,10,15)(H,13,14). The van der Waals surface area contributed by atoms with E-state index < -0.39 is 24.1 Å². The lowest BCUT2D eigenvalue weighted by atomic mass is 10.2. The van der Waals surface area contributed by atoms with Gasteiger partial charge in [0.2, 0.25) is 0 Å². The molecule has 92 valence electrons. The number of carbonyl (C=O) groups excluding carboxylic acids is 1. The summed E-state index contributed by atoms with van der Waals surface area (Å²) in [5, 5.41) is 20.9. The lowest BCUT2D eigenvalue weighted by Gasteiger charge is -2.21. The molecule has 0 bridgehead atoms. The fraction of sp³-hybridized carbons (Fsp3) is 0.778. The molecule has 7 heteroatoms. The van der Waals surface area contributed by atoms with E-state index in [1.807, 2.05) is 6.26 Å². The van der Waals surface area contributed by atoms with E-state index in [-0.39, 0.29) is 13.0 Å². The molecule has 0 aromatic carbocycles. The van der Waals surface area contributed by atoms with Gasteiger partial charge < -0.3 is 20.4 Å². The van der Waals surface area contributed by atoms with Gasteiger partial charge in [0.1, 0.15) is 6.04 Å². The molecule has 1 heterocycles. The van der Waals surface area contributed by atoms with Crippen LogP contribution >= 0.6 is 11.8 Å². The summed E-state index contributed by atoms with van der Waals surface area (Å²) >= 11 is 1.59. The number of rotatable bonds is 4. The number of aliphatic hydroxyl groups excluding tert-OH is 1. The third kappa shape index (κ3) is 3.28. The average molecular weight is 248 g/mol. The molecular weight excluding hydrogens is 232 g/mol. The van der Waals surface area contributed by atoms with Crippen molar-refractivity contribution in [3.05, 3.63) is 0 Å². The van der Waals surface area contributed by atoms with Gasteiger partial charge in [0.15, 0.2) is 0 Å². The molecule has 0 radical (unpaired) electrons. The predicted octanol–water partition coefficient (Wildman–Crippen LogP) is -0.421. The molecule has 1 aliphatic rings. The fourth-order valence-corrected chi connectivity index (χ4v) is 1.94. The number of aliphatic hydroxyl groups is 1. The first kappa shape index (κ1) is 13.1. The summed E-state index contributed by atoms with van der Waals surface area (Å²) in [6, 6.07) is -1.33. The van der Waals surface area contributed by atoms with Gasteiger partial charge in [0, 0.05) is 25.3 Å². The van der Waals surface area contributed by atoms with E-state index >= 15 is 0 Å². The fourth-order valence-electron chi connectivity index (χ4n) is 1.63. The Morgan fingerprint density at radius 3 is 2.81 bits per heavy atom. The Morgan fingerprint density at radius 2 is 2.25 bits per heavy atom. The van der Waals surface area contributed by atoms with Gasteiger partial charge in [-0.25, -0.2) is 9.59 Å². The van der Waals surface area contributed by atoms with Crippen LogP contribution in [0.3, 0.4) is 0 Å². The number of nitrogens with one attached hydrogen (secondary N) is 1. The summed E-state index contributed by atoms with van der Waals surface area (Å²) in [5.41, 5.74) is 0. The third-order valence-corrected chi connectivity index (χ3v) is 3.02. The molecule has 1 saturated heterocycles. The minimum absolute atomic E-state index is 0.0854. The molecule has 0 saturated carbocycles. The number of carboxylic acids is 1. The number of thioether (sulfide) groups is 1. The van der Waals surface area contributed by atoms with Crippen molar-refractivity contribution in [1.29, 1.82) is 0 Å². The smallest absolute Gasteiger partial charge is 0.326 e. The number of urea groups is 1. The van der Waals surface area contributed by atoms with Crippen LogP contribution < -0.4 is 5.32 Å². The summed E-state index contributed by atoms with van der Waals surface area (Å²) in [7, 11) is 0. The van der Waals surface area contributed by atoms with E-state index in [2.05, 4.69) is 5.32 Å². The molecule has 1 rings (SSSR count). The lowest BCUT2D eigenvalue weighted by Crippen LogP contribution is -2.46. The monoisotopic (exact) mass is 248 g/mol. The van der Waals surface area contributed by atoms with Crippen LogP contribution in [0.5, 0.6) is 0 Å². The zero-order valence-corrected chi connectivity index (χ0v) is 9.87. The predicted molar refractivity (Wildman–Crippen MR) is 60.5 cm³/mol. The van der Waals surface area contributed by atoms with Crippen molar-refractivity contribution >= 4 is 23.8 Å². The van der Waals surface area contributed by atoms with Crippen LogP contribution in [-0.4, -0.2) is 64.4 Å². The lowest BCUT2D eigenvalue weighted by molar-refractivity contribution is -0.141. The van der Waals surface area contributed by atoms with Crippen molar-refractivity contribution in [2.45, 2.75) is 18.6 Å². The SMILES string of the molecule is CSCCNC(=O)N1CC(O)CC1C(=O)O. The minimum atomic E-state index is -1.07. The van der Waals surface area contributed by atoms with Crippen LogP contribution in [0.2, 0.25) is 0 Å². The molecule has 3 N–H and O–H groups in total. The number of carboxylic acid groups (broad SMARTS) is 1. The molecule has 0 aliphatic carbocycles. The summed E-state index contributed by atoms with van der Waals surface area (Å²) in [4.78, 5) is 23.6. The first-order valence-corrected chi connectivity index (χ1v) is 6.40. The van der Waals surface area contributed by atoms with Gasteiger partial charge in [-0.15, -0.1) is 0 Å². The van der Waals surface area contributed by atoms with E-state index in [1.165, 1.54) is 4.90 Å². The van der Waals surface area contributed by atoms with E-state index in [4.69, 9.17) is 5.11 Å². The van der Waals surface area contributed by atoms with Crippen LogP contribution in [0.25, 0.3) is 0 Å². The third-order valence-electron chi connectivity index (χ3n) is 2.41. The van der Waals surface area contributed by atoms with Crippen LogP contribution in [0.15, 0.2) is 0 Å². The highest BCUT2D eigenvalue weighted by molar-refractivity contribution is 7.98. The Morgan fingerprint density at radius 1 is 1.56 bits per heavy atom. The summed E-state index contributed by atoms with van der Waals surface area (Å²) in [6.45, 7) is 0.584. The molecule has 2 amide bonds. The molecule has 2 atom stereocenters. The van der Waals surface area contributed by atoms with Crippen molar-refractivity contribution in [2.24, 2.45) is 0 Å². The number of likely N-dealkylation sites (tertiary alicyclic amines) is 1. The van der Waals surface area contributed by atoms with Crippen LogP contribution in [0, 0.1) is 0 Å². The molecule has 16 heavy (non-hydrogen) atoms. The quantitative estimate of drug-likeness (QED) is 0.588. The van der Waals surface area contributed by atoms with Crippen molar-refractivity contribution in [3.63, 3.8) is 0 Å². The normalized spacial score (nSPS) is 24.5. The second kappa shape index (κ2) is 5.95. The zero-order chi connectivity index (χ0) is 12.1. The molecule has 1 aliphatic heterocycles. The van der Waals surface area contributed by atoms with Gasteiger partial charge in [0.25, 0.3) is 0 Å². The highest BCUT2D eigenvalue weighted by Crippen LogP contribution is 2.17. The number of amides is 2. The van der Waals surface area contributed by atoms with Gasteiger partial charge in [-0.3, -0.25) is 0 Å². The van der Waals surface area contributed by atoms with Crippen LogP contribution in [-0.2, 0) is 4.79 Å². The van der Waals surface area contributed by atoms with Crippen LogP contribution in [0.4, 0.5) is 4.79 Å². The average Bonchev–Trinajstić information content (AvgIpc) is 2.61. The maximum atomic E-state index is 11.6. The minimum Gasteiger partial charge on any atom is -0.480 e. The van der Waals surface area contributed by atoms with Crippen molar-refractivity contribution in [1.82, 2.24) is 10.2 Å². The molecule has 2 unspecified atom stereocenters. The van der Waals surface area contributed by atoms with Crippen molar-refractivity contribution in [3.8, 4) is 0 Å². The number of aliphatic carboxylic acids is 1. The summed E-state index contributed by atoms with van der Waals surface area (Å²) in [5.74, 6) is -0.295. The van der Waals surface area contributed by atoms with Crippen molar-refractivity contribution < 1.29 is 19.8 Å². The van der Waals surface area contributed by atoms with Crippen molar-refractivity contribution in [2.75, 3.05) is 25.1 Å². The Kier molecular flexibility index (Phi) is 4.88.